The molecule has 1 aromatic carbocycles. The molecule has 2 rings (SSSR count). The van der Waals surface area contributed by atoms with Crippen LogP contribution in [-0.2, 0) is 11.2 Å². The molecule has 0 aliphatic heterocycles. The van der Waals surface area contributed by atoms with Crippen LogP contribution in [-0.4, -0.2) is 12.7 Å². The van der Waals surface area contributed by atoms with Crippen molar-refractivity contribution in [2.45, 2.75) is 32.8 Å². The number of benzene rings is 1. The second-order valence-corrected chi connectivity index (χ2v) is 5.55. The highest BCUT2D eigenvalue weighted by molar-refractivity contribution is 5.15. The largest absolute Gasteiger partial charge is 0.378 e. The highest BCUT2D eigenvalue weighted by Crippen LogP contribution is 2.19. The molecule has 0 N–H and O–H groups in total. The minimum atomic E-state index is 0.305. The summed E-state index contributed by atoms with van der Waals surface area (Å²) in [5.74, 6) is 1.10. The molecule has 0 amide bonds. The van der Waals surface area contributed by atoms with Crippen molar-refractivity contribution in [3.8, 4) is 0 Å². The van der Waals surface area contributed by atoms with E-state index in [1.807, 2.05) is 0 Å². The van der Waals surface area contributed by atoms with Crippen molar-refractivity contribution >= 4 is 0 Å². The summed E-state index contributed by atoms with van der Waals surface area (Å²) in [6, 6.07) is 10.6. The second kappa shape index (κ2) is 7.30. The number of hydrogen-bond donors (Lipinski definition) is 0. The number of hydrogen-bond acceptors (Lipinski definition) is 1. The van der Waals surface area contributed by atoms with Gasteiger partial charge in [-0.3, -0.25) is 0 Å². The van der Waals surface area contributed by atoms with Gasteiger partial charge in [-0.2, -0.15) is 0 Å². The van der Waals surface area contributed by atoms with E-state index in [-0.39, 0.29) is 0 Å². The molecule has 0 saturated heterocycles. The van der Waals surface area contributed by atoms with E-state index in [0.717, 1.165) is 19.4 Å². The molecule has 0 spiro atoms. The van der Waals surface area contributed by atoms with E-state index in [4.69, 9.17) is 4.74 Å². The van der Waals surface area contributed by atoms with Crippen molar-refractivity contribution in [3.63, 3.8) is 0 Å². The molecule has 102 valence electrons. The lowest BCUT2D eigenvalue weighted by Gasteiger charge is -2.23. The fraction of sp³-hybridized carbons (Fsp3) is 0.444. The zero-order valence-electron chi connectivity index (χ0n) is 12.0. The first-order chi connectivity index (χ1) is 9.25. The van der Waals surface area contributed by atoms with Crippen LogP contribution in [0.2, 0.25) is 0 Å². The average Bonchev–Trinajstić information content (AvgIpc) is 2.47. The van der Waals surface area contributed by atoms with Gasteiger partial charge >= 0.3 is 0 Å². The van der Waals surface area contributed by atoms with Gasteiger partial charge in [-0.15, -0.1) is 0 Å². The van der Waals surface area contributed by atoms with Crippen LogP contribution < -0.4 is 0 Å². The first-order valence-corrected chi connectivity index (χ1v) is 7.24. The molecular weight excluding hydrogens is 232 g/mol. The van der Waals surface area contributed by atoms with Crippen LogP contribution in [0.3, 0.4) is 0 Å². The first kappa shape index (κ1) is 14.1. The monoisotopic (exact) mass is 256 g/mol. The van der Waals surface area contributed by atoms with Crippen LogP contribution in [0, 0.1) is 11.8 Å². The molecule has 3 unspecified atom stereocenters. The van der Waals surface area contributed by atoms with Crippen LogP contribution in [0.25, 0.3) is 0 Å². The van der Waals surface area contributed by atoms with E-state index in [0.29, 0.717) is 17.9 Å². The summed E-state index contributed by atoms with van der Waals surface area (Å²) >= 11 is 0. The molecule has 1 aromatic rings. The van der Waals surface area contributed by atoms with Gasteiger partial charge in [-0.05, 0) is 31.2 Å². The van der Waals surface area contributed by atoms with Crippen molar-refractivity contribution < 1.29 is 4.74 Å². The van der Waals surface area contributed by atoms with Gasteiger partial charge in [0.1, 0.15) is 0 Å². The summed E-state index contributed by atoms with van der Waals surface area (Å²) in [5.41, 5.74) is 1.40. The van der Waals surface area contributed by atoms with E-state index in [9.17, 15) is 0 Å². The summed E-state index contributed by atoms with van der Waals surface area (Å²) in [6.07, 6.45) is 11.2. The lowest BCUT2D eigenvalue weighted by atomic mass is 9.95. The quantitative estimate of drug-likeness (QED) is 0.733. The predicted octanol–water partition coefficient (Wildman–Crippen LogP) is 4.40. The van der Waals surface area contributed by atoms with Crippen LogP contribution >= 0.6 is 0 Å². The topological polar surface area (TPSA) is 9.23 Å². The minimum absolute atomic E-state index is 0.305. The van der Waals surface area contributed by atoms with E-state index in [2.05, 4.69) is 68.5 Å². The molecule has 1 nitrogen and oxygen atoms in total. The Kier molecular flexibility index (Phi) is 5.41. The fourth-order valence-corrected chi connectivity index (χ4v) is 2.46. The van der Waals surface area contributed by atoms with Crippen molar-refractivity contribution in [1.82, 2.24) is 0 Å². The molecule has 0 heterocycles. The molecule has 1 aliphatic carbocycles. The number of rotatable bonds is 6. The second-order valence-electron chi connectivity index (χ2n) is 5.55. The van der Waals surface area contributed by atoms with Crippen LogP contribution in [0.1, 0.15) is 25.8 Å². The summed E-state index contributed by atoms with van der Waals surface area (Å²) in [7, 11) is 0. The highest BCUT2D eigenvalue weighted by Gasteiger charge is 2.16. The van der Waals surface area contributed by atoms with Crippen molar-refractivity contribution in [2.75, 3.05) is 6.61 Å². The highest BCUT2D eigenvalue weighted by atomic mass is 16.5. The summed E-state index contributed by atoms with van der Waals surface area (Å²) < 4.78 is 6.03. The van der Waals surface area contributed by atoms with Crippen LogP contribution in [0.4, 0.5) is 0 Å². The van der Waals surface area contributed by atoms with Gasteiger partial charge in [0.25, 0.3) is 0 Å². The Labute approximate surface area is 117 Å². The lowest BCUT2D eigenvalue weighted by molar-refractivity contribution is 0.0199. The molecule has 19 heavy (non-hydrogen) atoms. The predicted molar refractivity (Wildman–Crippen MR) is 81.1 cm³/mol. The average molecular weight is 256 g/mol. The van der Waals surface area contributed by atoms with E-state index in [1.165, 1.54) is 5.56 Å². The van der Waals surface area contributed by atoms with Gasteiger partial charge in [-0.1, -0.05) is 61.6 Å². The first-order valence-electron chi connectivity index (χ1n) is 7.24. The fourth-order valence-electron chi connectivity index (χ4n) is 2.46. The van der Waals surface area contributed by atoms with E-state index >= 15 is 0 Å². The third kappa shape index (κ3) is 4.68. The molecule has 3 atom stereocenters. The van der Waals surface area contributed by atoms with Gasteiger partial charge in [0, 0.05) is 12.5 Å². The SMILES string of the molecule is CC(COC(C)C1C=CC=CC1)Cc1ccccc1. The molecule has 1 aliphatic rings. The third-order valence-electron chi connectivity index (χ3n) is 3.69. The molecular formula is C18H24O. The van der Waals surface area contributed by atoms with Gasteiger partial charge in [0.05, 0.1) is 6.10 Å². The Hall–Kier alpha value is -1.34. The van der Waals surface area contributed by atoms with Crippen LogP contribution in [0.15, 0.2) is 54.6 Å². The van der Waals surface area contributed by atoms with Crippen molar-refractivity contribution in [2.24, 2.45) is 11.8 Å². The number of allylic oxidation sites excluding steroid dienone is 3. The van der Waals surface area contributed by atoms with Crippen molar-refractivity contribution in [3.05, 3.63) is 60.2 Å². The van der Waals surface area contributed by atoms with Crippen LogP contribution in [0.5, 0.6) is 0 Å². The molecule has 0 fully saturated rings. The standard InChI is InChI=1S/C18H24O/c1-15(13-17-9-5-3-6-10-17)14-19-16(2)18-11-7-4-8-12-18/h3-11,15-16,18H,12-14H2,1-2H3. The molecule has 0 radical (unpaired) electrons. The summed E-state index contributed by atoms with van der Waals surface area (Å²) in [6.45, 7) is 5.28. The Morgan fingerprint density at radius 2 is 1.95 bits per heavy atom. The zero-order valence-corrected chi connectivity index (χ0v) is 12.0. The van der Waals surface area contributed by atoms with Gasteiger partial charge in [-0.25, -0.2) is 0 Å². The molecule has 0 bridgehead atoms. The number of ether oxygens (including phenoxy) is 1. The summed E-state index contributed by atoms with van der Waals surface area (Å²) in [5, 5.41) is 0. The third-order valence-corrected chi connectivity index (χ3v) is 3.69. The maximum absolute atomic E-state index is 6.03. The summed E-state index contributed by atoms with van der Waals surface area (Å²) in [4.78, 5) is 0. The smallest absolute Gasteiger partial charge is 0.0612 e. The molecule has 0 saturated carbocycles. The van der Waals surface area contributed by atoms with E-state index < -0.39 is 0 Å². The minimum Gasteiger partial charge on any atom is -0.378 e. The zero-order chi connectivity index (χ0) is 13.5. The van der Waals surface area contributed by atoms with Gasteiger partial charge in [0.2, 0.25) is 0 Å². The molecule has 0 aromatic heterocycles. The Bertz CT molecular complexity index is 419. The Balaban J connectivity index is 1.72. The maximum atomic E-state index is 6.03. The lowest BCUT2D eigenvalue weighted by Crippen LogP contribution is -2.22. The normalized spacial score (nSPS) is 21.3. The van der Waals surface area contributed by atoms with Gasteiger partial charge in [0.15, 0.2) is 0 Å². The molecule has 1 heteroatoms. The Morgan fingerprint density at radius 1 is 1.16 bits per heavy atom. The maximum Gasteiger partial charge on any atom is 0.0612 e. The van der Waals surface area contributed by atoms with Gasteiger partial charge < -0.3 is 4.74 Å². The van der Waals surface area contributed by atoms with E-state index in [1.54, 1.807) is 0 Å². The van der Waals surface area contributed by atoms with Crippen molar-refractivity contribution in [1.29, 1.82) is 0 Å². The Morgan fingerprint density at radius 3 is 2.63 bits per heavy atom.